The summed E-state index contributed by atoms with van der Waals surface area (Å²) in [5.74, 6) is 3.90. The van der Waals surface area contributed by atoms with Crippen molar-refractivity contribution in [2.45, 2.75) is 83.7 Å². The molecule has 1 aromatic carbocycles. The highest BCUT2D eigenvalue weighted by atomic mass is 127. The van der Waals surface area contributed by atoms with Gasteiger partial charge in [0.2, 0.25) is 0 Å². The molecular weight excluding hydrogens is 527 g/mol. The van der Waals surface area contributed by atoms with E-state index in [1.54, 1.807) is 0 Å². The third-order valence-corrected chi connectivity index (χ3v) is 9.57. The Kier molecular flexibility index (Phi) is 6.71. The molecule has 0 aliphatic heterocycles. The molecule has 4 fully saturated rings. The molecule has 6 rings (SSSR count). The number of hydrogen-bond donors (Lipinski definition) is 0. The summed E-state index contributed by atoms with van der Waals surface area (Å²) in [6, 6.07) is 5.72. The van der Waals surface area contributed by atoms with Crippen LogP contribution in [0, 0.1) is 26.7 Å². The first-order valence-electron chi connectivity index (χ1n) is 12.8. The van der Waals surface area contributed by atoms with Crippen molar-refractivity contribution < 1.29 is 19.0 Å². The molecule has 4 saturated carbocycles. The maximum absolute atomic E-state index is 13.5. The van der Waals surface area contributed by atoms with Crippen molar-refractivity contribution in [2.24, 2.45) is 23.2 Å². The number of benzene rings is 1. The van der Waals surface area contributed by atoms with Gasteiger partial charge in [0.1, 0.15) is 30.1 Å². The topological polar surface area (TPSA) is 44.8 Å². The first-order valence-corrected chi connectivity index (χ1v) is 13.9. The second kappa shape index (κ2) is 9.43. The average Bonchev–Trinajstić information content (AvgIpc) is 2.77. The number of ether oxygens (including phenoxy) is 3. The number of carbonyl (C=O) groups is 1. The molecule has 0 amide bonds. The zero-order valence-corrected chi connectivity index (χ0v) is 22.2. The van der Waals surface area contributed by atoms with Gasteiger partial charge in [-0.3, -0.25) is 0 Å². The smallest absolute Gasteiger partial charge is 0.342 e. The zero-order valence-electron chi connectivity index (χ0n) is 20.0. The van der Waals surface area contributed by atoms with Crippen LogP contribution in [0.2, 0.25) is 0 Å². The van der Waals surface area contributed by atoms with Crippen molar-refractivity contribution in [3.8, 4) is 5.75 Å². The summed E-state index contributed by atoms with van der Waals surface area (Å²) in [4.78, 5) is 13.5. The highest BCUT2D eigenvalue weighted by Gasteiger charge is 2.58. The molecule has 1 aromatic rings. The third kappa shape index (κ3) is 4.81. The second-order valence-corrected chi connectivity index (χ2v) is 12.5. The molecule has 0 N–H and O–H groups in total. The van der Waals surface area contributed by atoms with E-state index in [1.807, 2.05) is 18.2 Å². The van der Waals surface area contributed by atoms with Crippen LogP contribution in [0.3, 0.4) is 0 Å². The molecule has 5 aliphatic rings. The minimum absolute atomic E-state index is 0.127. The number of para-hydroxylation sites is 1. The molecule has 5 aliphatic carbocycles. The Bertz CT molecular complexity index is 883. The Hall–Kier alpha value is -1.24. The molecule has 180 valence electrons. The summed E-state index contributed by atoms with van der Waals surface area (Å²) in [6.45, 7) is 5.20. The Morgan fingerprint density at radius 2 is 1.70 bits per heavy atom. The van der Waals surface area contributed by atoms with Crippen LogP contribution in [0.5, 0.6) is 5.75 Å². The van der Waals surface area contributed by atoms with Gasteiger partial charge < -0.3 is 14.2 Å². The van der Waals surface area contributed by atoms with Gasteiger partial charge in [0.15, 0.2) is 0 Å². The lowest BCUT2D eigenvalue weighted by molar-refractivity contribution is -0.164. The lowest BCUT2D eigenvalue weighted by atomic mass is 9.46. The molecule has 4 nitrogen and oxygen atoms in total. The van der Waals surface area contributed by atoms with Crippen molar-refractivity contribution >= 4 is 28.6 Å². The highest BCUT2D eigenvalue weighted by Crippen LogP contribution is 2.64. The van der Waals surface area contributed by atoms with Crippen molar-refractivity contribution in [2.75, 3.05) is 13.2 Å². The van der Waals surface area contributed by atoms with Gasteiger partial charge in [-0.1, -0.05) is 6.07 Å². The van der Waals surface area contributed by atoms with Crippen molar-refractivity contribution in [3.63, 3.8) is 0 Å². The Morgan fingerprint density at radius 3 is 2.33 bits per heavy atom. The summed E-state index contributed by atoms with van der Waals surface area (Å²) in [5.41, 5.74) is 0.175. The largest absolute Gasteiger partial charge is 0.495 e. The molecular formula is C28H37IO4. The van der Waals surface area contributed by atoms with Gasteiger partial charge in [-0.25, -0.2) is 4.79 Å². The van der Waals surface area contributed by atoms with E-state index < -0.39 is 5.60 Å². The van der Waals surface area contributed by atoms with Crippen LogP contribution in [0.25, 0.3) is 0 Å². The molecule has 0 saturated heterocycles. The van der Waals surface area contributed by atoms with Crippen LogP contribution in [0.15, 0.2) is 30.0 Å². The summed E-state index contributed by atoms with van der Waals surface area (Å²) >= 11 is 2.24. The number of halogens is 1. The van der Waals surface area contributed by atoms with E-state index in [1.165, 1.54) is 51.4 Å². The lowest BCUT2D eigenvalue weighted by Gasteiger charge is -2.61. The van der Waals surface area contributed by atoms with E-state index in [-0.39, 0.29) is 11.4 Å². The van der Waals surface area contributed by atoms with E-state index in [9.17, 15) is 4.79 Å². The van der Waals surface area contributed by atoms with Crippen molar-refractivity contribution in [1.29, 1.82) is 0 Å². The number of rotatable bonds is 8. The summed E-state index contributed by atoms with van der Waals surface area (Å²) in [7, 11) is 0. The highest BCUT2D eigenvalue weighted by molar-refractivity contribution is 14.1. The van der Waals surface area contributed by atoms with Crippen molar-refractivity contribution in [1.82, 2.24) is 0 Å². The van der Waals surface area contributed by atoms with Crippen LogP contribution < -0.4 is 4.74 Å². The van der Waals surface area contributed by atoms with E-state index in [0.717, 1.165) is 39.9 Å². The summed E-state index contributed by atoms with van der Waals surface area (Å²) < 4.78 is 19.2. The molecule has 0 radical (unpaired) electrons. The normalized spacial score (nSPS) is 30.6. The average molecular weight is 565 g/mol. The molecule has 0 spiro atoms. The standard InChI is InChI=1S/C28H37IO4/c1-27(2,28-16-19-13-20(17-28)15-21(14-19)18-28)33-26(30)23-9-6-10-24(29)25(23)32-12-11-31-22-7-4-3-5-8-22/h6-7,9-10,19-21H,3-5,8,11-18H2,1-2H3. The van der Waals surface area contributed by atoms with Gasteiger partial charge in [0, 0.05) is 11.8 Å². The molecule has 0 heterocycles. The van der Waals surface area contributed by atoms with Gasteiger partial charge >= 0.3 is 5.97 Å². The van der Waals surface area contributed by atoms with Gasteiger partial charge in [-0.2, -0.15) is 0 Å². The van der Waals surface area contributed by atoms with E-state index in [0.29, 0.717) is 24.5 Å². The number of esters is 1. The number of carbonyl (C=O) groups excluding carboxylic acids is 1. The van der Waals surface area contributed by atoms with Gasteiger partial charge in [-0.05, 0) is 130 Å². The molecule has 0 aromatic heterocycles. The summed E-state index contributed by atoms with van der Waals surface area (Å²) in [5, 5.41) is 0. The van der Waals surface area contributed by atoms with Crippen LogP contribution in [-0.2, 0) is 9.47 Å². The predicted molar refractivity (Wildman–Crippen MR) is 137 cm³/mol. The van der Waals surface area contributed by atoms with E-state index in [4.69, 9.17) is 14.2 Å². The SMILES string of the molecule is CC(C)(OC(=O)c1cccc(I)c1OCCOC1=CCCCC1)C12CC3CC(CC(C3)C1)C2. The minimum Gasteiger partial charge on any atom is -0.495 e. The minimum atomic E-state index is -0.477. The Morgan fingerprint density at radius 1 is 1.03 bits per heavy atom. The van der Waals surface area contributed by atoms with Crippen LogP contribution in [-0.4, -0.2) is 24.8 Å². The van der Waals surface area contributed by atoms with Crippen molar-refractivity contribution in [3.05, 3.63) is 39.2 Å². The summed E-state index contributed by atoms with van der Waals surface area (Å²) in [6.07, 6.45) is 14.5. The second-order valence-electron chi connectivity index (χ2n) is 11.3. The fourth-order valence-corrected chi connectivity index (χ4v) is 7.97. The maximum atomic E-state index is 13.5. The first kappa shape index (κ1) is 23.5. The number of hydrogen-bond acceptors (Lipinski definition) is 4. The van der Waals surface area contributed by atoms with Gasteiger partial charge in [-0.15, -0.1) is 0 Å². The zero-order chi connectivity index (χ0) is 23.1. The quantitative estimate of drug-likeness (QED) is 0.189. The van der Waals surface area contributed by atoms with Gasteiger partial charge in [0.05, 0.1) is 9.33 Å². The third-order valence-electron chi connectivity index (χ3n) is 8.72. The monoisotopic (exact) mass is 564 g/mol. The molecule has 5 heteroatoms. The molecule has 0 unspecified atom stereocenters. The van der Waals surface area contributed by atoms with Gasteiger partial charge in [0.25, 0.3) is 0 Å². The van der Waals surface area contributed by atoms with E-state index in [2.05, 4.69) is 42.5 Å². The van der Waals surface area contributed by atoms with Crippen LogP contribution in [0.4, 0.5) is 0 Å². The number of allylic oxidation sites excluding steroid dienone is 2. The maximum Gasteiger partial charge on any atom is 0.342 e. The predicted octanol–water partition coefficient (Wildman–Crippen LogP) is 7.30. The van der Waals surface area contributed by atoms with Crippen LogP contribution in [0.1, 0.15) is 88.4 Å². The Labute approximate surface area is 212 Å². The fraction of sp³-hybridized carbons (Fsp3) is 0.679. The van der Waals surface area contributed by atoms with E-state index >= 15 is 0 Å². The Balaban J connectivity index is 1.26. The molecule has 0 atom stereocenters. The molecule has 4 bridgehead atoms. The lowest BCUT2D eigenvalue weighted by Crippen LogP contribution is -2.57. The fourth-order valence-electron chi connectivity index (χ4n) is 7.32. The van der Waals surface area contributed by atoms with Crippen LogP contribution >= 0.6 is 22.6 Å². The first-order chi connectivity index (χ1) is 15.9. The molecule has 33 heavy (non-hydrogen) atoms.